The number of allylic oxidation sites excluding steroid dienone is 2. The van der Waals surface area contributed by atoms with Crippen molar-refractivity contribution in [2.75, 3.05) is 6.61 Å². The molecule has 39 heavy (non-hydrogen) atoms. The van der Waals surface area contributed by atoms with E-state index >= 15 is 0 Å². The number of rotatable bonds is 33. The lowest BCUT2D eigenvalue weighted by atomic mass is 10.0. The molecule has 0 atom stereocenters. The van der Waals surface area contributed by atoms with E-state index in [1.54, 1.807) is 0 Å². The van der Waals surface area contributed by atoms with E-state index in [1.165, 1.54) is 180 Å². The van der Waals surface area contributed by atoms with Crippen molar-refractivity contribution in [1.29, 1.82) is 0 Å². The monoisotopic (exact) mass is 549 g/mol. The van der Waals surface area contributed by atoms with Gasteiger partial charge in [0.25, 0.3) is 0 Å². The maximum absolute atomic E-state index is 11.9. The van der Waals surface area contributed by atoms with Crippen LogP contribution in [-0.2, 0) is 9.53 Å². The van der Waals surface area contributed by atoms with Crippen LogP contribution in [0, 0.1) is 0 Å². The van der Waals surface area contributed by atoms with Gasteiger partial charge < -0.3 is 4.74 Å². The lowest BCUT2D eigenvalue weighted by Gasteiger charge is -2.06. The molecule has 0 aromatic rings. The van der Waals surface area contributed by atoms with Gasteiger partial charge >= 0.3 is 5.97 Å². The molecule has 0 aliphatic carbocycles. The summed E-state index contributed by atoms with van der Waals surface area (Å²) in [6.45, 7) is 5.20. The molecule has 0 aliphatic heterocycles. The van der Waals surface area contributed by atoms with Crippen molar-refractivity contribution in [3.63, 3.8) is 0 Å². The average Bonchev–Trinajstić information content (AvgIpc) is 2.94. The first-order chi connectivity index (χ1) is 19.3. The second-order valence-electron chi connectivity index (χ2n) is 12.2. The number of carbonyl (C=O) groups excluding carboxylic acids is 1. The Bertz CT molecular complexity index is 484. The molecule has 0 amide bonds. The van der Waals surface area contributed by atoms with Crippen LogP contribution in [0.4, 0.5) is 0 Å². The Hall–Kier alpha value is -0.790. The maximum atomic E-state index is 11.9. The number of hydrogen-bond donors (Lipinski definition) is 0. The molecule has 232 valence electrons. The van der Waals surface area contributed by atoms with Crippen LogP contribution in [0.5, 0.6) is 0 Å². The van der Waals surface area contributed by atoms with Crippen molar-refractivity contribution in [1.82, 2.24) is 0 Å². The molecule has 0 saturated heterocycles. The minimum Gasteiger partial charge on any atom is -0.466 e. The van der Waals surface area contributed by atoms with E-state index in [0.29, 0.717) is 13.0 Å². The van der Waals surface area contributed by atoms with Crippen molar-refractivity contribution in [3.05, 3.63) is 12.2 Å². The molecule has 0 N–H and O–H groups in total. The summed E-state index contributed by atoms with van der Waals surface area (Å²) in [5.74, 6) is 0.0214. The van der Waals surface area contributed by atoms with Crippen LogP contribution >= 0.6 is 0 Å². The number of carbonyl (C=O) groups is 1. The van der Waals surface area contributed by atoms with Crippen LogP contribution in [0.1, 0.15) is 213 Å². The van der Waals surface area contributed by atoms with Crippen LogP contribution in [0.3, 0.4) is 0 Å². The molecule has 0 heterocycles. The van der Waals surface area contributed by atoms with E-state index in [9.17, 15) is 4.79 Å². The summed E-state index contributed by atoms with van der Waals surface area (Å²) in [4.78, 5) is 11.9. The van der Waals surface area contributed by atoms with Gasteiger partial charge in [-0.1, -0.05) is 180 Å². The van der Waals surface area contributed by atoms with Gasteiger partial charge in [0.1, 0.15) is 0 Å². The average molecular weight is 549 g/mol. The smallest absolute Gasteiger partial charge is 0.305 e. The summed E-state index contributed by atoms with van der Waals surface area (Å²) in [6.07, 6.45) is 45.6. The fourth-order valence-electron chi connectivity index (χ4n) is 5.43. The van der Waals surface area contributed by atoms with E-state index in [2.05, 4.69) is 26.0 Å². The third-order valence-corrected chi connectivity index (χ3v) is 8.15. The van der Waals surface area contributed by atoms with E-state index < -0.39 is 0 Å². The lowest BCUT2D eigenvalue weighted by Crippen LogP contribution is -2.05. The van der Waals surface area contributed by atoms with Crippen LogP contribution in [0.25, 0.3) is 0 Å². The highest BCUT2D eigenvalue weighted by molar-refractivity contribution is 5.69. The molecular formula is C37H72O2. The summed E-state index contributed by atoms with van der Waals surface area (Å²) in [7, 11) is 0. The van der Waals surface area contributed by atoms with Gasteiger partial charge in [0.15, 0.2) is 0 Å². The SMILES string of the molecule is CCCCCCCCC=CCCCCCCCCCC(=O)OCCCCCCCCCCCCCCCCC. The molecule has 0 aromatic carbocycles. The first-order valence-electron chi connectivity index (χ1n) is 18.1. The Morgan fingerprint density at radius 1 is 0.410 bits per heavy atom. The Morgan fingerprint density at radius 2 is 0.718 bits per heavy atom. The molecule has 2 heteroatoms. The van der Waals surface area contributed by atoms with Crippen LogP contribution in [0.15, 0.2) is 12.2 Å². The number of ether oxygens (including phenoxy) is 1. The molecule has 0 radical (unpaired) electrons. The summed E-state index contributed by atoms with van der Waals surface area (Å²) >= 11 is 0. The molecule has 0 saturated carbocycles. The molecule has 0 aliphatic rings. The number of unbranched alkanes of at least 4 members (excludes halogenated alkanes) is 27. The molecular weight excluding hydrogens is 476 g/mol. The lowest BCUT2D eigenvalue weighted by molar-refractivity contribution is -0.143. The van der Waals surface area contributed by atoms with Crippen LogP contribution in [-0.4, -0.2) is 12.6 Å². The first kappa shape index (κ1) is 38.2. The zero-order valence-electron chi connectivity index (χ0n) is 27.1. The van der Waals surface area contributed by atoms with Gasteiger partial charge in [-0.2, -0.15) is 0 Å². The van der Waals surface area contributed by atoms with Crippen molar-refractivity contribution in [2.24, 2.45) is 0 Å². The summed E-state index contributed by atoms with van der Waals surface area (Å²) < 4.78 is 5.44. The number of esters is 1. The third kappa shape index (κ3) is 35.2. The number of hydrogen-bond acceptors (Lipinski definition) is 2. The van der Waals surface area contributed by atoms with Crippen molar-refractivity contribution in [3.8, 4) is 0 Å². The molecule has 0 fully saturated rings. The fourth-order valence-corrected chi connectivity index (χ4v) is 5.43. The Balaban J connectivity index is 3.18. The van der Waals surface area contributed by atoms with Crippen molar-refractivity contribution >= 4 is 5.97 Å². The Kier molecular flexibility index (Phi) is 34.5. The molecule has 2 nitrogen and oxygen atoms in total. The van der Waals surface area contributed by atoms with Gasteiger partial charge in [0.05, 0.1) is 6.61 Å². The minimum atomic E-state index is 0.0214. The highest BCUT2D eigenvalue weighted by Crippen LogP contribution is 2.14. The normalized spacial score (nSPS) is 11.5. The van der Waals surface area contributed by atoms with Gasteiger partial charge in [-0.25, -0.2) is 0 Å². The quantitative estimate of drug-likeness (QED) is 0.0463. The van der Waals surface area contributed by atoms with Gasteiger partial charge in [0, 0.05) is 6.42 Å². The third-order valence-electron chi connectivity index (χ3n) is 8.15. The topological polar surface area (TPSA) is 26.3 Å². The zero-order valence-corrected chi connectivity index (χ0v) is 27.1. The second kappa shape index (κ2) is 35.2. The Morgan fingerprint density at radius 3 is 1.10 bits per heavy atom. The highest BCUT2D eigenvalue weighted by Gasteiger charge is 2.02. The standard InChI is InChI=1S/C37H72O2/c1-3-5-7-9-11-13-15-17-19-20-21-23-25-27-29-31-33-35-37(38)39-36-34-32-30-28-26-24-22-18-16-14-12-10-8-6-4-2/h17,19H,3-16,18,20-36H2,1-2H3. The van der Waals surface area contributed by atoms with Crippen LogP contribution in [0.2, 0.25) is 0 Å². The molecule has 0 rings (SSSR count). The molecule has 0 bridgehead atoms. The summed E-state index contributed by atoms with van der Waals surface area (Å²) in [5.41, 5.74) is 0. The second-order valence-corrected chi connectivity index (χ2v) is 12.2. The Labute approximate surface area is 246 Å². The fraction of sp³-hybridized carbons (Fsp3) is 0.919. The van der Waals surface area contributed by atoms with Gasteiger partial charge in [0.2, 0.25) is 0 Å². The van der Waals surface area contributed by atoms with Crippen molar-refractivity contribution < 1.29 is 9.53 Å². The summed E-state index contributed by atoms with van der Waals surface area (Å²) in [5, 5.41) is 0. The van der Waals surface area contributed by atoms with Crippen LogP contribution < -0.4 is 0 Å². The van der Waals surface area contributed by atoms with E-state index in [4.69, 9.17) is 4.74 Å². The van der Waals surface area contributed by atoms with Crippen molar-refractivity contribution in [2.45, 2.75) is 213 Å². The molecule has 0 spiro atoms. The zero-order chi connectivity index (χ0) is 28.3. The first-order valence-corrected chi connectivity index (χ1v) is 18.1. The molecule has 0 unspecified atom stereocenters. The van der Waals surface area contributed by atoms with Gasteiger partial charge in [-0.3, -0.25) is 4.79 Å². The highest BCUT2D eigenvalue weighted by atomic mass is 16.5. The van der Waals surface area contributed by atoms with E-state index in [0.717, 1.165) is 12.8 Å². The predicted molar refractivity (Wildman–Crippen MR) is 175 cm³/mol. The van der Waals surface area contributed by atoms with Gasteiger partial charge in [-0.05, 0) is 38.5 Å². The predicted octanol–water partition coefficient (Wildman–Crippen LogP) is 13.2. The minimum absolute atomic E-state index is 0.0214. The molecule has 0 aromatic heterocycles. The maximum Gasteiger partial charge on any atom is 0.305 e. The van der Waals surface area contributed by atoms with E-state index in [-0.39, 0.29) is 5.97 Å². The van der Waals surface area contributed by atoms with Gasteiger partial charge in [-0.15, -0.1) is 0 Å². The largest absolute Gasteiger partial charge is 0.466 e. The summed E-state index contributed by atoms with van der Waals surface area (Å²) in [6, 6.07) is 0. The van der Waals surface area contributed by atoms with E-state index in [1.807, 2.05) is 0 Å².